The Morgan fingerprint density at radius 1 is 1.33 bits per heavy atom. The molecule has 1 aromatic carbocycles. The fraction of sp³-hybridized carbons (Fsp3) is 0.619. The minimum absolute atomic E-state index is 0.0154. The fourth-order valence-electron chi connectivity index (χ4n) is 3.87. The van der Waals surface area contributed by atoms with E-state index < -0.39 is 0 Å². The molecule has 27 heavy (non-hydrogen) atoms. The molecular weight excluding hydrogens is 342 g/mol. The quantitative estimate of drug-likeness (QED) is 0.695. The first-order chi connectivity index (χ1) is 13.0. The SMILES string of the molecule is CCCCN1C(=O)CC(C(=O)NCC(N)C2CC2)C1c1ccc(OC)cc1. The van der Waals surface area contributed by atoms with E-state index in [0.29, 0.717) is 19.0 Å². The number of ether oxygens (including phenoxy) is 1. The number of nitrogens with one attached hydrogen (secondary N) is 1. The minimum Gasteiger partial charge on any atom is -0.497 e. The maximum absolute atomic E-state index is 12.9. The van der Waals surface area contributed by atoms with Gasteiger partial charge in [0.2, 0.25) is 11.8 Å². The maximum atomic E-state index is 12.9. The Kier molecular flexibility index (Phi) is 6.37. The summed E-state index contributed by atoms with van der Waals surface area (Å²) in [5.74, 6) is 0.901. The van der Waals surface area contributed by atoms with Crippen LogP contribution in [0.25, 0.3) is 0 Å². The Morgan fingerprint density at radius 3 is 2.63 bits per heavy atom. The van der Waals surface area contributed by atoms with Gasteiger partial charge in [0, 0.05) is 25.6 Å². The number of methoxy groups -OCH3 is 1. The fourth-order valence-corrected chi connectivity index (χ4v) is 3.87. The number of likely N-dealkylation sites (tertiary alicyclic amines) is 1. The first-order valence-corrected chi connectivity index (χ1v) is 10.0. The lowest BCUT2D eigenvalue weighted by molar-refractivity contribution is -0.129. The third-order valence-corrected chi connectivity index (χ3v) is 5.72. The van der Waals surface area contributed by atoms with Crippen LogP contribution in [0.3, 0.4) is 0 Å². The second kappa shape index (κ2) is 8.74. The monoisotopic (exact) mass is 373 g/mol. The zero-order chi connectivity index (χ0) is 19.4. The number of carbonyl (C=O) groups excluding carboxylic acids is 2. The Morgan fingerprint density at radius 2 is 2.04 bits per heavy atom. The number of unbranched alkanes of at least 4 members (excludes halogenated alkanes) is 1. The highest BCUT2D eigenvalue weighted by atomic mass is 16.5. The standard InChI is InChI=1S/C21H31N3O3/c1-3-4-11-24-19(25)12-17(21(26)23-13-18(22)14-5-6-14)20(24)15-7-9-16(27-2)10-8-15/h7-10,14,17-18,20H,3-6,11-13,22H2,1-2H3,(H,23,26). The largest absolute Gasteiger partial charge is 0.497 e. The molecule has 1 heterocycles. The summed E-state index contributed by atoms with van der Waals surface area (Å²) in [7, 11) is 1.63. The van der Waals surface area contributed by atoms with Crippen molar-refractivity contribution in [2.75, 3.05) is 20.2 Å². The summed E-state index contributed by atoms with van der Waals surface area (Å²) in [6, 6.07) is 7.46. The average molecular weight is 373 g/mol. The van der Waals surface area contributed by atoms with E-state index >= 15 is 0 Å². The Hall–Kier alpha value is -2.08. The molecule has 0 bridgehead atoms. The lowest BCUT2D eigenvalue weighted by Gasteiger charge is -2.28. The molecule has 0 spiro atoms. The van der Waals surface area contributed by atoms with E-state index in [1.54, 1.807) is 7.11 Å². The Labute approximate surface area is 161 Å². The third kappa shape index (κ3) is 4.61. The number of carbonyl (C=O) groups is 2. The van der Waals surface area contributed by atoms with Gasteiger partial charge in [-0.2, -0.15) is 0 Å². The molecule has 1 aromatic rings. The summed E-state index contributed by atoms with van der Waals surface area (Å²) in [5.41, 5.74) is 7.09. The van der Waals surface area contributed by atoms with Crippen LogP contribution >= 0.6 is 0 Å². The van der Waals surface area contributed by atoms with E-state index in [1.165, 1.54) is 0 Å². The van der Waals surface area contributed by atoms with Crippen molar-refractivity contribution in [3.63, 3.8) is 0 Å². The molecule has 6 heteroatoms. The summed E-state index contributed by atoms with van der Waals surface area (Å²) < 4.78 is 5.24. The van der Waals surface area contributed by atoms with Gasteiger partial charge < -0.3 is 20.7 Å². The number of hydrogen-bond acceptors (Lipinski definition) is 4. The zero-order valence-corrected chi connectivity index (χ0v) is 16.3. The molecule has 3 rings (SSSR count). The number of amides is 2. The first kappa shape index (κ1) is 19.7. The van der Waals surface area contributed by atoms with Crippen molar-refractivity contribution in [1.29, 1.82) is 0 Å². The van der Waals surface area contributed by atoms with Crippen molar-refractivity contribution >= 4 is 11.8 Å². The highest BCUT2D eigenvalue weighted by Gasteiger charge is 2.44. The lowest BCUT2D eigenvalue weighted by atomic mass is 9.92. The molecule has 1 saturated carbocycles. The highest BCUT2D eigenvalue weighted by molar-refractivity contribution is 5.90. The van der Waals surface area contributed by atoms with E-state index in [-0.39, 0.29) is 36.2 Å². The van der Waals surface area contributed by atoms with Crippen LogP contribution in [0, 0.1) is 11.8 Å². The van der Waals surface area contributed by atoms with E-state index in [2.05, 4.69) is 12.2 Å². The highest BCUT2D eigenvalue weighted by Crippen LogP contribution is 2.39. The molecule has 148 valence electrons. The molecule has 0 radical (unpaired) electrons. The van der Waals surface area contributed by atoms with Crippen molar-refractivity contribution in [2.45, 2.75) is 51.1 Å². The summed E-state index contributed by atoms with van der Waals surface area (Å²) in [6.45, 7) is 3.27. The third-order valence-electron chi connectivity index (χ3n) is 5.72. The van der Waals surface area contributed by atoms with Crippen LogP contribution in [-0.2, 0) is 9.59 Å². The molecular formula is C21H31N3O3. The summed E-state index contributed by atoms with van der Waals surface area (Å²) in [4.78, 5) is 27.4. The number of nitrogens with zero attached hydrogens (tertiary/aromatic N) is 1. The maximum Gasteiger partial charge on any atom is 0.226 e. The van der Waals surface area contributed by atoms with Gasteiger partial charge in [0.1, 0.15) is 5.75 Å². The Bertz CT molecular complexity index is 657. The minimum atomic E-state index is -0.380. The number of benzene rings is 1. The average Bonchev–Trinajstić information content (AvgIpc) is 3.48. The summed E-state index contributed by atoms with van der Waals surface area (Å²) in [6.07, 6.45) is 4.49. The van der Waals surface area contributed by atoms with Gasteiger partial charge in [0.15, 0.2) is 0 Å². The van der Waals surface area contributed by atoms with Crippen LogP contribution in [0.4, 0.5) is 0 Å². The van der Waals surface area contributed by atoms with Gasteiger partial charge in [-0.05, 0) is 42.9 Å². The molecule has 2 fully saturated rings. The van der Waals surface area contributed by atoms with Gasteiger partial charge >= 0.3 is 0 Å². The molecule has 1 saturated heterocycles. The molecule has 2 amide bonds. The van der Waals surface area contributed by atoms with Crippen molar-refractivity contribution in [1.82, 2.24) is 10.2 Å². The van der Waals surface area contributed by atoms with Gasteiger partial charge in [0.25, 0.3) is 0 Å². The van der Waals surface area contributed by atoms with Crippen LogP contribution in [-0.4, -0.2) is 43.0 Å². The van der Waals surface area contributed by atoms with Crippen molar-refractivity contribution in [3.05, 3.63) is 29.8 Å². The number of nitrogens with two attached hydrogens (primary N) is 1. The zero-order valence-electron chi connectivity index (χ0n) is 16.3. The summed E-state index contributed by atoms with van der Waals surface area (Å²) >= 11 is 0. The number of rotatable bonds is 9. The predicted octanol–water partition coefficient (Wildman–Crippen LogP) is 2.24. The smallest absolute Gasteiger partial charge is 0.226 e. The van der Waals surface area contributed by atoms with Gasteiger partial charge in [-0.25, -0.2) is 0 Å². The van der Waals surface area contributed by atoms with Crippen LogP contribution in [0.1, 0.15) is 50.6 Å². The second-order valence-electron chi connectivity index (χ2n) is 7.72. The van der Waals surface area contributed by atoms with E-state index in [4.69, 9.17) is 10.5 Å². The molecule has 3 atom stereocenters. The second-order valence-corrected chi connectivity index (χ2v) is 7.72. The van der Waals surface area contributed by atoms with Gasteiger partial charge in [0.05, 0.1) is 19.1 Å². The predicted molar refractivity (Wildman–Crippen MR) is 104 cm³/mol. The normalized spacial score (nSPS) is 23.4. The molecule has 3 N–H and O–H groups in total. The van der Waals surface area contributed by atoms with Crippen LogP contribution < -0.4 is 15.8 Å². The molecule has 1 aliphatic heterocycles. The molecule has 1 aliphatic carbocycles. The molecule has 6 nitrogen and oxygen atoms in total. The van der Waals surface area contributed by atoms with Gasteiger partial charge in [-0.1, -0.05) is 25.5 Å². The van der Waals surface area contributed by atoms with Gasteiger partial charge in [-0.3, -0.25) is 9.59 Å². The van der Waals surface area contributed by atoms with Crippen LogP contribution in [0.15, 0.2) is 24.3 Å². The Balaban J connectivity index is 1.76. The molecule has 3 unspecified atom stereocenters. The lowest BCUT2D eigenvalue weighted by Crippen LogP contribution is -2.42. The topological polar surface area (TPSA) is 84.7 Å². The number of hydrogen-bond donors (Lipinski definition) is 2. The van der Waals surface area contributed by atoms with Crippen molar-refractivity contribution in [3.8, 4) is 5.75 Å². The summed E-state index contributed by atoms with van der Waals surface area (Å²) in [5, 5.41) is 3.00. The van der Waals surface area contributed by atoms with E-state index in [9.17, 15) is 9.59 Å². The van der Waals surface area contributed by atoms with Crippen LogP contribution in [0.5, 0.6) is 5.75 Å². The van der Waals surface area contributed by atoms with Crippen molar-refractivity contribution < 1.29 is 14.3 Å². The van der Waals surface area contributed by atoms with E-state index in [1.807, 2.05) is 29.2 Å². The van der Waals surface area contributed by atoms with Crippen molar-refractivity contribution in [2.24, 2.45) is 17.6 Å². The molecule has 0 aromatic heterocycles. The molecule has 2 aliphatic rings. The first-order valence-electron chi connectivity index (χ1n) is 10.0. The van der Waals surface area contributed by atoms with Gasteiger partial charge in [-0.15, -0.1) is 0 Å². The van der Waals surface area contributed by atoms with E-state index in [0.717, 1.165) is 37.0 Å². The van der Waals surface area contributed by atoms with Crippen LogP contribution in [0.2, 0.25) is 0 Å².